The number of rotatable bonds is 6. The third-order valence-corrected chi connectivity index (χ3v) is 3.34. The summed E-state index contributed by atoms with van der Waals surface area (Å²) in [6.07, 6.45) is 4.33. The van der Waals surface area contributed by atoms with Crippen molar-refractivity contribution in [3.05, 3.63) is 66.2 Å². The first-order valence-corrected chi connectivity index (χ1v) is 7.43. The molecule has 0 saturated heterocycles. The molecule has 2 aromatic heterocycles. The van der Waals surface area contributed by atoms with Crippen LogP contribution in [0, 0.1) is 0 Å². The molecule has 0 aliphatic carbocycles. The number of hydrogen-bond donors (Lipinski definition) is 2. The molecule has 0 atom stereocenters. The van der Waals surface area contributed by atoms with Crippen LogP contribution in [-0.4, -0.2) is 32.6 Å². The number of pyridine rings is 1. The van der Waals surface area contributed by atoms with E-state index in [1.165, 1.54) is 0 Å². The first kappa shape index (κ1) is 14.9. The van der Waals surface area contributed by atoms with Gasteiger partial charge in [-0.05, 0) is 11.6 Å². The van der Waals surface area contributed by atoms with Crippen LogP contribution in [0.4, 0.5) is 0 Å². The lowest BCUT2D eigenvalue weighted by Gasteiger charge is -2.03. The average molecular weight is 307 g/mol. The van der Waals surface area contributed by atoms with Crippen LogP contribution < -0.4 is 5.32 Å². The molecule has 0 aliphatic rings. The number of amides is 1. The normalized spacial score (nSPS) is 10.4. The summed E-state index contributed by atoms with van der Waals surface area (Å²) < 4.78 is 0. The number of hydrogen-bond acceptors (Lipinski definition) is 4. The minimum atomic E-state index is -0.0270. The highest BCUT2D eigenvalue weighted by Crippen LogP contribution is 2.13. The van der Waals surface area contributed by atoms with E-state index in [2.05, 4.69) is 25.5 Å². The molecular weight excluding hydrogens is 290 g/mol. The summed E-state index contributed by atoms with van der Waals surface area (Å²) in [5, 5.41) is 9.97. The smallest absolute Gasteiger partial charge is 0.224 e. The van der Waals surface area contributed by atoms with Crippen molar-refractivity contribution < 1.29 is 4.79 Å². The third-order valence-electron chi connectivity index (χ3n) is 3.34. The summed E-state index contributed by atoms with van der Waals surface area (Å²) >= 11 is 0. The van der Waals surface area contributed by atoms with Crippen molar-refractivity contribution in [3.63, 3.8) is 0 Å². The van der Waals surface area contributed by atoms with Crippen LogP contribution >= 0.6 is 0 Å². The van der Waals surface area contributed by atoms with Gasteiger partial charge in [-0.2, -0.15) is 5.10 Å². The van der Waals surface area contributed by atoms with E-state index >= 15 is 0 Å². The first-order valence-electron chi connectivity index (χ1n) is 7.43. The molecule has 116 valence electrons. The summed E-state index contributed by atoms with van der Waals surface area (Å²) in [5.41, 5.74) is 1.87. The maximum Gasteiger partial charge on any atom is 0.224 e. The molecule has 0 spiro atoms. The van der Waals surface area contributed by atoms with Crippen LogP contribution in [0.15, 0.2) is 54.9 Å². The summed E-state index contributed by atoms with van der Waals surface area (Å²) in [7, 11) is 0. The number of aromatic amines is 1. The molecule has 3 rings (SSSR count). The van der Waals surface area contributed by atoms with Crippen LogP contribution in [0.1, 0.15) is 11.4 Å². The predicted molar refractivity (Wildman–Crippen MR) is 86.5 cm³/mol. The molecule has 23 heavy (non-hydrogen) atoms. The van der Waals surface area contributed by atoms with Crippen LogP contribution in [0.3, 0.4) is 0 Å². The highest BCUT2D eigenvalue weighted by molar-refractivity contribution is 5.78. The number of H-pyrrole nitrogens is 1. The fourth-order valence-corrected chi connectivity index (χ4v) is 2.19. The summed E-state index contributed by atoms with van der Waals surface area (Å²) in [4.78, 5) is 20.3. The fraction of sp³-hybridized carbons (Fsp3) is 0.176. The zero-order chi connectivity index (χ0) is 15.9. The Morgan fingerprint density at radius 3 is 2.78 bits per heavy atom. The molecule has 0 bridgehead atoms. The molecule has 0 radical (unpaired) electrons. The molecule has 6 heteroatoms. The quantitative estimate of drug-likeness (QED) is 0.727. The topological polar surface area (TPSA) is 83.6 Å². The highest BCUT2D eigenvalue weighted by Gasteiger charge is 2.07. The van der Waals surface area contributed by atoms with Gasteiger partial charge in [0.05, 0.1) is 6.42 Å². The molecule has 0 unspecified atom stereocenters. The van der Waals surface area contributed by atoms with Crippen LogP contribution in [0.5, 0.6) is 0 Å². The largest absolute Gasteiger partial charge is 0.355 e. The predicted octanol–water partition coefficient (Wildman–Crippen LogP) is 1.77. The van der Waals surface area contributed by atoms with Gasteiger partial charge in [-0.25, -0.2) is 4.98 Å². The Hall–Kier alpha value is -3.02. The molecule has 0 saturated carbocycles. The van der Waals surface area contributed by atoms with Gasteiger partial charge < -0.3 is 5.32 Å². The fourth-order valence-electron chi connectivity index (χ4n) is 2.19. The van der Waals surface area contributed by atoms with Gasteiger partial charge in [0, 0.05) is 30.9 Å². The zero-order valence-electron chi connectivity index (χ0n) is 12.6. The van der Waals surface area contributed by atoms with Crippen molar-refractivity contribution >= 4 is 5.91 Å². The lowest BCUT2D eigenvalue weighted by atomic mass is 10.2. The van der Waals surface area contributed by atoms with Gasteiger partial charge in [0.15, 0.2) is 5.82 Å². The second-order valence-electron chi connectivity index (χ2n) is 5.11. The van der Waals surface area contributed by atoms with E-state index in [9.17, 15) is 4.79 Å². The second-order valence-corrected chi connectivity index (χ2v) is 5.11. The van der Waals surface area contributed by atoms with E-state index in [4.69, 9.17) is 0 Å². The van der Waals surface area contributed by atoms with Gasteiger partial charge >= 0.3 is 0 Å². The summed E-state index contributed by atoms with van der Waals surface area (Å²) in [5.74, 6) is 1.40. The SMILES string of the molecule is O=C(Cc1cccnc1)NCCc1nc(-c2ccccc2)n[nH]1. The number of aromatic nitrogens is 4. The maximum atomic E-state index is 11.8. The van der Waals surface area contributed by atoms with Gasteiger partial charge in [-0.15, -0.1) is 0 Å². The second kappa shape index (κ2) is 7.31. The Bertz CT molecular complexity index is 755. The third kappa shape index (κ3) is 4.23. The summed E-state index contributed by atoms with van der Waals surface area (Å²) in [6, 6.07) is 13.5. The van der Waals surface area contributed by atoms with Gasteiger partial charge in [-0.1, -0.05) is 36.4 Å². The molecule has 2 heterocycles. The monoisotopic (exact) mass is 307 g/mol. The average Bonchev–Trinajstić information content (AvgIpc) is 3.05. The van der Waals surface area contributed by atoms with Gasteiger partial charge in [0.1, 0.15) is 5.82 Å². The van der Waals surface area contributed by atoms with Crippen molar-refractivity contribution in [2.75, 3.05) is 6.54 Å². The Morgan fingerprint density at radius 2 is 2.00 bits per heavy atom. The lowest BCUT2D eigenvalue weighted by molar-refractivity contribution is -0.120. The maximum absolute atomic E-state index is 11.8. The van der Waals surface area contributed by atoms with Crippen LogP contribution in [-0.2, 0) is 17.6 Å². The molecule has 1 amide bonds. The molecule has 2 N–H and O–H groups in total. The molecule has 0 aliphatic heterocycles. The number of carbonyl (C=O) groups excluding carboxylic acids is 1. The number of nitrogens with zero attached hydrogens (tertiary/aromatic N) is 3. The number of carbonyl (C=O) groups is 1. The van der Waals surface area contributed by atoms with E-state index in [1.54, 1.807) is 12.4 Å². The van der Waals surface area contributed by atoms with E-state index in [0.717, 1.165) is 17.0 Å². The minimum Gasteiger partial charge on any atom is -0.355 e. The number of nitrogens with one attached hydrogen (secondary N) is 2. The van der Waals surface area contributed by atoms with Crippen LogP contribution in [0.2, 0.25) is 0 Å². The van der Waals surface area contributed by atoms with Gasteiger partial charge in [0.2, 0.25) is 5.91 Å². The molecule has 6 nitrogen and oxygen atoms in total. The Balaban J connectivity index is 1.48. The Labute approximate surface area is 134 Å². The lowest BCUT2D eigenvalue weighted by Crippen LogP contribution is -2.27. The Kier molecular flexibility index (Phi) is 4.73. The zero-order valence-corrected chi connectivity index (χ0v) is 12.6. The van der Waals surface area contributed by atoms with Gasteiger partial charge in [-0.3, -0.25) is 14.9 Å². The first-order chi connectivity index (χ1) is 11.3. The number of benzene rings is 1. The van der Waals surface area contributed by atoms with Crippen LogP contribution in [0.25, 0.3) is 11.4 Å². The van der Waals surface area contributed by atoms with Crippen molar-refractivity contribution in [2.24, 2.45) is 0 Å². The minimum absolute atomic E-state index is 0.0270. The van der Waals surface area contributed by atoms with Crippen molar-refractivity contribution in [1.82, 2.24) is 25.5 Å². The molecule has 1 aromatic carbocycles. The van der Waals surface area contributed by atoms with E-state index in [-0.39, 0.29) is 5.91 Å². The van der Waals surface area contributed by atoms with E-state index < -0.39 is 0 Å². The van der Waals surface area contributed by atoms with Crippen molar-refractivity contribution in [3.8, 4) is 11.4 Å². The standard InChI is InChI=1S/C17H17N5O/c23-16(11-13-5-4-9-18-12-13)19-10-8-15-20-17(22-21-15)14-6-2-1-3-7-14/h1-7,9,12H,8,10-11H2,(H,19,23)(H,20,21,22). The summed E-state index contributed by atoms with van der Waals surface area (Å²) in [6.45, 7) is 0.516. The van der Waals surface area contributed by atoms with E-state index in [0.29, 0.717) is 25.2 Å². The van der Waals surface area contributed by atoms with E-state index in [1.807, 2.05) is 42.5 Å². The highest BCUT2D eigenvalue weighted by atomic mass is 16.1. The molecular formula is C17H17N5O. The van der Waals surface area contributed by atoms with Gasteiger partial charge in [0.25, 0.3) is 0 Å². The van der Waals surface area contributed by atoms with Crippen molar-refractivity contribution in [1.29, 1.82) is 0 Å². The molecule has 3 aromatic rings. The molecule has 0 fully saturated rings. The Morgan fingerprint density at radius 1 is 1.13 bits per heavy atom. The van der Waals surface area contributed by atoms with Crippen molar-refractivity contribution in [2.45, 2.75) is 12.8 Å².